The fourth-order valence-corrected chi connectivity index (χ4v) is 2.79. The van der Waals surface area contributed by atoms with Crippen LogP contribution in [0.15, 0.2) is 12.1 Å². The molecule has 1 aromatic carbocycles. The molecule has 0 amide bonds. The van der Waals surface area contributed by atoms with Gasteiger partial charge in [0.15, 0.2) is 17.5 Å². The normalized spacial score (nSPS) is 18.5. The van der Waals surface area contributed by atoms with Gasteiger partial charge in [-0.15, -0.1) is 0 Å². The average molecular weight is 271 g/mol. The van der Waals surface area contributed by atoms with E-state index in [-0.39, 0.29) is 0 Å². The molecule has 1 saturated carbocycles. The minimum Gasteiger partial charge on any atom is -0.310 e. The third kappa shape index (κ3) is 3.72. The van der Waals surface area contributed by atoms with Gasteiger partial charge in [0.1, 0.15) is 0 Å². The van der Waals surface area contributed by atoms with Crippen molar-refractivity contribution in [3.8, 4) is 0 Å². The first kappa shape index (κ1) is 14.4. The molecule has 1 nitrogen and oxygen atoms in total. The second kappa shape index (κ2) is 6.42. The summed E-state index contributed by atoms with van der Waals surface area (Å²) in [6.07, 6.45) is 6.24. The molecular weight excluding hydrogens is 251 g/mol. The molecule has 1 atom stereocenters. The Hall–Kier alpha value is -1.03. The molecule has 4 heteroatoms. The van der Waals surface area contributed by atoms with Crippen molar-refractivity contribution in [1.29, 1.82) is 0 Å². The highest BCUT2D eigenvalue weighted by molar-refractivity contribution is 5.19. The molecular formula is C15H20F3N. The van der Waals surface area contributed by atoms with E-state index in [4.69, 9.17) is 0 Å². The number of hydrogen-bond acceptors (Lipinski definition) is 1. The van der Waals surface area contributed by atoms with E-state index in [1.54, 1.807) is 0 Å². The average Bonchev–Trinajstić information content (AvgIpc) is 2.43. The second-order valence-electron chi connectivity index (χ2n) is 5.44. The van der Waals surface area contributed by atoms with Gasteiger partial charge in [-0.2, -0.15) is 0 Å². The Morgan fingerprint density at radius 1 is 1.11 bits per heavy atom. The van der Waals surface area contributed by atoms with Gasteiger partial charge in [0.2, 0.25) is 0 Å². The van der Waals surface area contributed by atoms with Gasteiger partial charge in [0, 0.05) is 12.6 Å². The van der Waals surface area contributed by atoms with Crippen LogP contribution in [0.4, 0.5) is 13.2 Å². The van der Waals surface area contributed by atoms with Gasteiger partial charge in [0.25, 0.3) is 0 Å². The van der Waals surface area contributed by atoms with Crippen LogP contribution in [0, 0.1) is 23.4 Å². The molecule has 1 aliphatic rings. The largest absolute Gasteiger partial charge is 0.310 e. The van der Waals surface area contributed by atoms with Crippen LogP contribution in [-0.4, -0.2) is 6.04 Å². The lowest BCUT2D eigenvalue weighted by molar-refractivity contribution is 0.280. The van der Waals surface area contributed by atoms with Crippen molar-refractivity contribution in [3.63, 3.8) is 0 Å². The zero-order valence-corrected chi connectivity index (χ0v) is 11.2. The van der Waals surface area contributed by atoms with Crippen LogP contribution in [0.5, 0.6) is 0 Å². The maximum Gasteiger partial charge on any atom is 0.194 e. The van der Waals surface area contributed by atoms with Crippen LogP contribution in [0.2, 0.25) is 0 Å². The lowest BCUT2D eigenvalue weighted by atomic mass is 9.84. The summed E-state index contributed by atoms with van der Waals surface area (Å²) in [6.45, 7) is 2.47. The monoisotopic (exact) mass is 271 g/mol. The minimum atomic E-state index is -1.40. The van der Waals surface area contributed by atoms with E-state index < -0.39 is 17.5 Å². The zero-order chi connectivity index (χ0) is 13.8. The molecule has 1 aromatic rings. The van der Waals surface area contributed by atoms with Crippen LogP contribution < -0.4 is 5.32 Å². The molecule has 0 saturated heterocycles. The van der Waals surface area contributed by atoms with Crippen molar-refractivity contribution < 1.29 is 13.2 Å². The Balaban J connectivity index is 1.91. The van der Waals surface area contributed by atoms with Gasteiger partial charge < -0.3 is 5.32 Å². The lowest BCUT2D eigenvalue weighted by Gasteiger charge is -2.28. The van der Waals surface area contributed by atoms with E-state index in [9.17, 15) is 13.2 Å². The lowest BCUT2D eigenvalue weighted by Crippen LogP contribution is -2.34. The van der Waals surface area contributed by atoms with Crippen molar-refractivity contribution in [2.45, 2.75) is 51.6 Å². The molecule has 0 radical (unpaired) electrons. The SMILES string of the molecule is CC(NCc1cc(F)c(F)c(F)c1)C1CCCCC1. The third-order valence-corrected chi connectivity index (χ3v) is 4.03. The summed E-state index contributed by atoms with van der Waals surface area (Å²) >= 11 is 0. The molecule has 106 valence electrons. The Morgan fingerprint density at radius 2 is 1.68 bits per heavy atom. The van der Waals surface area contributed by atoms with E-state index >= 15 is 0 Å². The summed E-state index contributed by atoms with van der Waals surface area (Å²) in [5, 5.41) is 3.29. The van der Waals surface area contributed by atoms with Crippen LogP contribution >= 0.6 is 0 Å². The Labute approximate surface area is 112 Å². The quantitative estimate of drug-likeness (QED) is 0.811. The maximum atomic E-state index is 13.1. The van der Waals surface area contributed by atoms with Crippen molar-refractivity contribution >= 4 is 0 Å². The van der Waals surface area contributed by atoms with E-state index in [0.717, 1.165) is 12.1 Å². The number of rotatable bonds is 4. The molecule has 1 fully saturated rings. The standard InChI is InChI=1S/C15H20F3N/c1-10(12-5-3-2-4-6-12)19-9-11-7-13(16)15(18)14(17)8-11/h7-8,10,12,19H,2-6,9H2,1H3. The summed E-state index contributed by atoms with van der Waals surface area (Å²) in [4.78, 5) is 0. The summed E-state index contributed by atoms with van der Waals surface area (Å²) < 4.78 is 39.0. The molecule has 0 heterocycles. The van der Waals surface area contributed by atoms with E-state index in [1.165, 1.54) is 32.1 Å². The number of nitrogens with one attached hydrogen (secondary N) is 1. The number of hydrogen-bond donors (Lipinski definition) is 1. The number of benzene rings is 1. The van der Waals surface area contributed by atoms with Gasteiger partial charge in [-0.1, -0.05) is 19.3 Å². The van der Waals surface area contributed by atoms with Crippen molar-refractivity contribution in [3.05, 3.63) is 35.1 Å². The summed E-state index contributed by atoms with van der Waals surface area (Å²) in [5.41, 5.74) is 0.444. The first-order chi connectivity index (χ1) is 9.08. The van der Waals surface area contributed by atoms with Crippen LogP contribution in [0.1, 0.15) is 44.6 Å². The van der Waals surface area contributed by atoms with Crippen molar-refractivity contribution in [1.82, 2.24) is 5.32 Å². The smallest absolute Gasteiger partial charge is 0.194 e. The molecule has 0 aliphatic heterocycles. The predicted octanol–water partition coefficient (Wildman–Crippen LogP) is 4.16. The van der Waals surface area contributed by atoms with Crippen LogP contribution in [0.25, 0.3) is 0 Å². The Kier molecular flexibility index (Phi) is 4.86. The summed E-state index contributed by atoms with van der Waals surface area (Å²) in [6, 6.07) is 2.43. The first-order valence-electron chi connectivity index (χ1n) is 6.94. The molecule has 19 heavy (non-hydrogen) atoms. The highest BCUT2D eigenvalue weighted by Crippen LogP contribution is 2.26. The Morgan fingerprint density at radius 3 is 2.26 bits per heavy atom. The minimum absolute atomic E-state index is 0.316. The molecule has 1 unspecified atom stereocenters. The van der Waals surface area contributed by atoms with Gasteiger partial charge in [0.05, 0.1) is 0 Å². The van der Waals surface area contributed by atoms with Gasteiger partial charge in [-0.3, -0.25) is 0 Å². The molecule has 0 spiro atoms. The topological polar surface area (TPSA) is 12.0 Å². The van der Waals surface area contributed by atoms with Gasteiger partial charge in [-0.05, 0) is 43.4 Å². The van der Waals surface area contributed by atoms with Crippen LogP contribution in [0.3, 0.4) is 0 Å². The van der Waals surface area contributed by atoms with Gasteiger partial charge in [-0.25, -0.2) is 13.2 Å². The molecule has 0 bridgehead atoms. The summed E-state index contributed by atoms with van der Waals surface area (Å²) in [7, 11) is 0. The Bertz CT molecular complexity index is 404. The second-order valence-corrected chi connectivity index (χ2v) is 5.44. The van der Waals surface area contributed by atoms with Crippen molar-refractivity contribution in [2.75, 3.05) is 0 Å². The highest BCUT2D eigenvalue weighted by atomic mass is 19.2. The van der Waals surface area contributed by atoms with E-state index in [2.05, 4.69) is 12.2 Å². The number of halogens is 3. The van der Waals surface area contributed by atoms with E-state index in [1.807, 2.05) is 0 Å². The van der Waals surface area contributed by atoms with Crippen LogP contribution in [-0.2, 0) is 6.54 Å². The van der Waals surface area contributed by atoms with E-state index in [0.29, 0.717) is 24.1 Å². The fourth-order valence-electron chi connectivity index (χ4n) is 2.79. The first-order valence-corrected chi connectivity index (χ1v) is 6.94. The maximum absolute atomic E-state index is 13.1. The molecule has 1 N–H and O–H groups in total. The van der Waals surface area contributed by atoms with Gasteiger partial charge >= 0.3 is 0 Å². The third-order valence-electron chi connectivity index (χ3n) is 4.03. The molecule has 2 rings (SSSR count). The fraction of sp³-hybridized carbons (Fsp3) is 0.600. The summed E-state index contributed by atoms with van der Waals surface area (Å²) in [5.74, 6) is -3.02. The molecule has 1 aliphatic carbocycles. The highest BCUT2D eigenvalue weighted by Gasteiger charge is 2.19. The predicted molar refractivity (Wildman–Crippen MR) is 69.2 cm³/mol. The molecule has 0 aromatic heterocycles. The van der Waals surface area contributed by atoms with Crippen molar-refractivity contribution in [2.24, 2.45) is 5.92 Å². The zero-order valence-electron chi connectivity index (χ0n) is 11.2.